The molecule has 4 rings (SSSR count). The largest absolute Gasteiger partial charge is 0.293 e. The molecule has 0 atom stereocenters. The zero-order valence-corrected chi connectivity index (χ0v) is 20.9. The lowest BCUT2D eigenvalue weighted by atomic mass is 10.2. The monoisotopic (exact) mass is 550 g/mol. The standard InChI is InChI=1S/C22H16BrClN2O2S3/c23-16-8-6-15(7-9-16)13-26-20(27)18(31-22(26)28)12-17-19(24)25-21(30-17)29-11-10-14-4-2-1-3-5-14/h1-9,12H,10-11,13H2/b18-12-. The predicted octanol–water partition coefficient (Wildman–Crippen LogP) is 7.13. The molecule has 2 amide bonds. The van der Waals surface area contributed by atoms with E-state index in [-0.39, 0.29) is 17.7 Å². The maximum atomic E-state index is 12.8. The lowest BCUT2D eigenvalue weighted by molar-refractivity contribution is -0.123. The Hall–Kier alpha value is -1.58. The predicted molar refractivity (Wildman–Crippen MR) is 134 cm³/mol. The van der Waals surface area contributed by atoms with Gasteiger partial charge in [-0.1, -0.05) is 81.8 Å². The summed E-state index contributed by atoms with van der Waals surface area (Å²) in [7, 11) is 0. The summed E-state index contributed by atoms with van der Waals surface area (Å²) in [5.41, 5.74) is 2.16. The van der Waals surface area contributed by atoms with Gasteiger partial charge in [0.25, 0.3) is 11.1 Å². The van der Waals surface area contributed by atoms with E-state index in [4.69, 9.17) is 11.6 Å². The topological polar surface area (TPSA) is 50.3 Å². The van der Waals surface area contributed by atoms with Crippen molar-refractivity contribution in [1.29, 1.82) is 0 Å². The molecule has 0 saturated carbocycles. The van der Waals surface area contributed by atoms with E-state index in [2.05, 4.69) is 33.0 Å². The summed E-state index contributed by atoms with van der Waals surface area (Å²) in [6.45, 7) is 0.242. The number of rotatable bonds is 7. The molecule has 158 valence electrons. The summed E-state index contributed by atoms with van der Waals surface area (Å²) >= 11 is 13.7. The van der Waals surface area contributed by atoms with Crippen LogP contribution >= 0.6 is 62.4 Å². The number of hydrogen-bond donors (Lipinski definition) is 0. The van der Waals surface area contributed by atoms with Crippen molar-refractivity contribution in [3.63, 3.8) is 0 Å². The van der Waals surface area contributed by atoms with E-state index in [0.717, 1.165) is 38.3 Å². The van der Waals surface area contributed by atoms with Gasteiger partial charge in [-0.05, 0) is 47.5 Å². The number of amides is 2. The minimum Gasteiger partial charge on any atom is -0.268 e. The third-order valence-electron chi connectivity index (χ3n) is 4.44. The van der Waals surface area contributed by atoms with Gasteiger partial charge in [-0.3, -0.25) is 14.5 Å². The Morgan fingerprint density at radius 1 is 1.06 bits per heavy atom. The van der Waals surface area contributed by atoms with Gasteiger partial charge in [-0.25, -0.2) is 4.98 Å². The number of thioether (sulfide) groups is 2. The summed E-state index contributed by atoms with van der Waals surface area (Å²) < 4.78 is 1.80. The quantitative estimate of drug-likeness (QED) is 0.231. The Balaban J connectivity index is 1.41. The molecule has 9 heteroatoms. The molecule has 0 N–H and O–H groups in total. The number of hydrogen-bond acceptors (Lipinski definition) is 6. The number of thiazole rings is 1. The molecule has 2 aromatic carbocycles. The second-order valence-electron chi connectivity index (χ2n) is 6.61. The number of halogens is 2. The first-order valence-corrected chi connectivity index (χ1v) is 13.1. The van der Waals surface area contributed by atoms with E-state index in [9.17, 15) is 9.59 Å². The first-order chi connectivity index (χ1) is 15.0. The lowest BCUT2D eigenvalue weighted by Crippen LogP contribution is -2.27. The van der Waals surface area contributed by atoms with E-state index in [1.54, 1.807) is 17.8 Å². The molecule has 0 radical (unpaired) electrons. The highest BCUT2D eigenvalue weighted by atomic mass is 79.9. The van der Waals surface area contributed by atoms with Crippen molar-refractivity contribution in [2.45, 2.75) is 17.3 Å². The molecule has 0 bridgehead atoms. The minimum atomic E-state index is -0.305. The van der Waals surface area contributed by atoms with Crippen LogP contribution in [0.15, 0.2) is 68.3 Å². The van der Waals surface area contributed by atoms with Gasteiger partial charge in [-0.15, -0.1) is 11.3 Å². The number of nitrogens with zero attached hydrogens (tertiary/aromatic N) is 2. The zero-order valence-electron chi connectivity index (χ0n) is 16.1. The van der Waals surface area contributed by atoms with E-state index < -0.39 is 0 Å². The van der Waals surface area contributed by atoms with E-state index in [0.29, 0.717) is 14.9 Å². The van der Waals surface area contributed by atoms with Crippen molar-refractivity contribution in [2.24, 2.45) is 0 Å². The van der Waals surface area contributed by atoms with Crippen molar-refractivity contribution in [1.82, 2.24) is 9.88 Å². The number of benzene rings is 2. The van der Waals surface area contributed by atoms with Gasteiger partial charge < -0.3 is 0 Å². The SMILES string of the molecule is O=C1S/C(=C\c2sc(SCCc3ccccc3)nc2Cl)C(=O)N1Cc1ccc(Br)cc1. The third-order valence-corrected chi connectivity index (χ3v) is 8.42. The van der Waals surface area contributed by atoms with Gasteiger partial charge in [0.1, 0.15) is 5.15 Å². The van der Waals surface area contributed by atoms with Crippen LogP contribution in [0.3, 0.4) is 0 Å². The van der Waals surface area contributed by atoms with Gasteiger partial charge in [-0.2, -0.15) is 0 Å². The van der Waals surface area contributed by atoms with Crippen LogP contribution in [-0.2, 0) is 17.8 Å². The Kier molecular flexibility index (Phi) is 7.55. The Bertz CT molecular complexity index is 1130. The molecular formula is C22H16BrClN2O2S3. The highest BCUT2D eigenvalue weighted by Crippen LogP contribution is 2.37. The van der Waals surface area contributed by atoms with Crippen LogP contribution in [0.4, 0.5) is 4.79 Å². The van der Waals surface area contributed by atoms with Gasteiger partial charge in [0.05, 0.1) is 16.3 Å². The van der Waals surface area contributed by atoms with Crippen molar-refractivity contribution >= 4 is 79.6 Å². The van der Waals surface area contributed by atoms with E-state index >= 15 is 0 Å². The maximum absolute atomic E-state index is 12.8. The van der Waals surface area contributed by atoms with Crippen LogP contribution in [0.5, 0.6) is 0 Å². The molecule has 0 unspecified atom stereocenters. The van der Waals surface area contributed by atoms with Crippen molar-refractivity contribution in [2.75, 3.05) is 5.75 Å². The molecule has 1 aliphatic heterocycles. The number of aryl methyl sites for hydroxylation is 1. The minimum absolute atomic E-state index is 0.242. The fourth-order valence-electron chi connectivity index (χ4n) is 2.87. The van der Waals surface area contributed by atoms with Gasteiger partial charge in [0.15, 0.2) is 4.34 Å². The van der Waals surface area contributed by atoms with Crippen LogP contribution in [0, 0.1) is 0 Å². The van der Waals surface area contributed by atoms with Crippen molar-refractivity contribution in [3.8, 4) is 0 Å². The second-order valence-corrected chi connectivity index (χ2v) is 11.3. The Labute approximate surface area is 206 Å². The molecule has 1 aromatic heterocycles. The van der Waals surface area contributed by atoms with E-state index in [1.165, 1.54) is 21.8 Å². The van der Waals surface area contributed by atoms with Crippen LogP contribution in [0.2, 0.25) is 5.15 Å². The first-order valence-electron chi connectivity index (χ1n) is 9.32. The average Bonchev–Trinajstić information content (AvgIpc) is 3.24. The molecular weight excluding hydrogens is 536 g/mol. The first kappa shape index (κ1) is 22.6. The van der Waals surface area contributed by atoms with Gasteiger partial charge in [0.2, 0.25) is 0 Å². The fraction of sp³-hybridized carbons (Fsp3) is 0.136. The number of imide groups is 1. The molecule has 4 nitrogen and oxygen atoms in total. The number of carbonyl (C=O) groups is 2. The lowest BCUT2D eigenvalue weighted by Gasteiger charge is -2.12. The fourth-order valence-corrected chi connectivity index (χ4v) is 6.44. The number of carbonyl (C=O) groups excluding carboxylic acids is 2. The third kappa shape index (κ3) is 5.81. The number of aromatic nitrogens is 1. The maximum Gasteiger partial charge on any atom is 0.293 e. The second kappa shape index (κ2) is 10.4. The van der Waals surface area contributed by atoms with Crippen molar-refractivity contribution < 1.29 is 9.59 Å². The summed E-state index contributed by atoms with van der Waals surface area (Å²) in [5.74, 6) is 0.581. The van der Waals surface area contributed by atoms with Gasteiger partial charge >= 0.3 is 0 Å². The van der Waals surface area contributed by atoms with E-state index in [1.807, 2.05) is 42.5 Å². The smallest absolute Gasteiger partial charge is 0.268 e. The summed E-state index contributed by atoms with van der Waals surface area (Å²) in [6.07, 6.45) is 2.61. The molecule has 3 aromatic rings. The Morgan fingerprint density at radius 2 is 1.81 bits per heavy atom. The Morgan fingerprint density at radius 3 is 2.55 bits per heavy atom. The highest BCUT2D eigenvalue weighted by molar-refractivity contribution is 9.10. The molecule has 0 spiro atoms. The van der Waals surface area contributed by atoms with Crippen LogP contribution in [-0.4, -0.2) is 26.8 Å². The highest BCUT2D eigenvalue weighted by Gasteiger charge is 2.35. The summed E-state index contributed by atoms with van der Waals surface area (Å²) in [4.78, 5) is 31.9. The van der Waals surface area contributed by atoms with Crippen LogP contribution < -0.4 is 0 Å². The van der Waals surface area contributed by atoms with Crippen molar-refractivity contribution in [3.05, 3.63) is 85.1 Å². The molecule has 2 heterocycles. The molecule has 0 aliphatic carbocycles. The zero-order chi connectivity index (χ0) is 21.8. The molecule has 31 heavy (non-hydrogen) atoms. The molecule has 1 fully saturated rings. The normalized spacial score (nSPS) is 15.3. The molecule has 1 aliphatic rings. The van der Waals surface area contributed by atoms with Gasteiger partial charge in [0, 0.05) is 10.2 Å². The van der Waals surface area contributed by atoms with Crippen LogP contribution in [0.25, 0.3) is 6.08 Å². The average molecular weight is 552 g/mol. The summed E-state index contributed by atoms with van der Waals surface area (Å²) in [5, 5.41) is 0.0733. The summed E-state index contributed by atoms with van der Waals surface area (Å²) in [6, 6.07) is 17.8. The van der Waals surface area contributed by atoms with Crippen LogP contribution in [0.1, 0.15) is 16.0 Å². The molecule has 1 saturated heterocycles.